The Morgan fingerprint density at radius 3 is 2.68 bits per heavy atom. The van der Waals surface area contributed by atoms with Crippen LogP contribution in [-0.2, 0) is 11.3 Å². The summed E-state index contributed by atoms with van der Waals surface area (Å²) in [5.41, 5.74) is 1.19. The van der Waals surface area contributed by atoms with E-state index in [1.54, 1.807) is 15.6 Å². The second-order valence-corrected chi connectivity index (χ2v) is 8.48. The summed E-state index contributed by atoms with van der Waals surface area (Å²) in [6.45, 7) is 5.40. The molecule has 0 aliphatic carbocycles. The number of rotatable bonds is 4. The highest BCUT2D eigenvalue weighted by Crippen LogP contribution is 2.33. The molecule has 152 valence electrons. The molecule has 1 aliphatic rings. The lowest BCUT2D eigenvalue weighted by atomic mass is 10.1. The number of piperazine rings is 1. The molecule has 3 rings (SSSR count). The Bertz CT molecular complexity index is 908. The predicted octanol–water partition coefficient (Wildman–Crippen LogP) is 3.99. The van der Waals surface area contributed by atoms with Crippen LogP contribution in [0.25, 0.3) is 0 Å². The Morgan fingerprint density at radius 2 is 2.11 bits per heavy atom. The number of benzene rings is 1. The largest absolute Gasteiger partial charge is 0.495 e. The van der Waals surface area contributed by atoms with Gasteiger partial charge in [0.1, 0.15) is 21.8 Å². The minimum atomic E-state index is -0.408. The third kappa shape index (κ3) is 4.18. The molecule has 2 heterocycles. The number of halogens is 4. The number of amides is 1. The van der Waals surface area contributed by atoms with Crippen LogP contribution in [-0.4, -0.2) is 53.4 Å². The second kappa shape index (κ2) is 8.62. The van der Waals surface area contributed by atoms with Crippen LogP contribution >= 0.6 is 45.8 Å². The van der Waals surface area contributed by atoms with Gasteiger partial charge in [-0.1, -0.05) is 23.2 Å². The zero-order valence-electron chi connectivity index (χ0n) is 15.7. The summed E-state index contributed by atoms with van der Waals surface area (Å²) in [5, 5.41) is 5.11. The number of methoxy groups -OCH3 is 1. The molecule has 0 unspecified atom stereocenters. The van der Waals surface area contributed by atoms with E-state index >= 15 is 0 Å². The SMILES string of the molecule is COc1cc(N2CCN(C(=O)Cn3nc(I)c(Cl)c3C)[C@@H](C)C2)c(F)cc1Cl. The molecule has 2 aromatic rings. The molecule has 0 radical (unpaired) electrons. The maximum atomic E-state index is 14.4. The average Bonchev–Trinajstić information content (AvgIpc) is 2.88. The maximum Gasteiger partial charge on any atom is 0.244 e. The molecule has 1 saturated heterocycles. The van der Waals surface area contributed by atoms with Crippen molar-refractivity contribution in [2.24, 2.45) is 0 Å². The smallest absolute Gasteiger partial charge is 0.244 e. The van der Waals surface area contributed by atoms with E-state index in [0.29, 0.717) is 39.8 Å². The minimum Gasteiger partial charge on any atom is -0.495 e. The zero-order valence-corrected chi connectivity index (χ0v) is 19.3. The van der Waals surface area contributed by atoms with Gasteiger partial charge in [0.2, 0.25) is 5.91 Å². The normalized spacial score (nSPS) is 17.2. The van der Waals surface area contributed by atoms with Crippen molar-refractivity contribution in [3.8, 4) is 5.75 Å². The van der Waals surface area contributed by atoms with E-state index in [0.717, 1.165) is 5.69 Å². The lowest BCUT2D eigenvalue weighted by molar-refractivity contribution is -0.134. The molecular formula is C18H20Cl2FIN4O2. The summed E-state index contributed by atoms with van der Waals surface area (Å²) in [5.74, 6) is -0.0287. The molecule has 0 saturated carbocycles. The molecule has 1 aromatic heterocycles. The van der Waals surface area contributed by atoms with Crippen LogP contribution in [0, 0.1) is 16.4 Å². The Labute approximate surface area is 186 Å². The number of carbonyl (C=O) groups is 1. The monoisotopic (exact) mass is 540 g/mol. The van der Waals surface area contributed by atoms with E-state index in [1.807, 2.05) is 41.3 Å². The van der Waals surface area contributed by atoms with E-state index in [1.165, 1.54) is 13.2 Å². The Hall–Kier alpha value is -1.26. The van der Waals surface area contributed by atoms with Crippen LogP contribution in [0.2, 0.25) is 10.0 Å². The first-order chi connectivity index (χ1) is 13.2. The summed E-state index contributed by atoms with van der Waals surface area (Å²) >= 11 is 14.2. The summed E-state index contributed by atoms with van der Waals surface area (Å²) in [6.07, 6.45) is 0. The second-order valence-electron chi connectivity index (χ2n) is 6.67. The summed E-state index contributed by atoms with van der Waals surface area (Å²) in [6, 6.07) is 2.76. The van der Waals surface area contributed by atoms with Gasteiger partial charge in [-0.15, -0.1) is 0 Å². The van der Waals surface area contributed by atoms with Gasteiger partial charge in [0.25, 0.3) is 0 Å². The summed E-state index contributed by atoms with van der Waals surface area (Å²) in [7, 11) is 1.49. The lowest BCUT2D eigenvalue weighted by Crippen LogP contribution is -2.55. The fraction of sp³-hybridized carbons (Fsp3) is 0.444. The van der Waals surface area contributed by atoms with E-state index < -0.39 is 5.82 Å². The van der Waals surface area contributed by atoms with Gasteiger partial charge in [0.05, 0.1) is 28.5 Å². The number of anilines is 1. The molecular weight excluding hydrogens is 521 g/mol. The molecule has 10 heteroatoms. The van der Waals surface area contributed by atoms with Gasteiger partial charge in [-0.25, -0.2) is 4.39 Å². The zero-order chi connectivity index (χ0) is 20.6. The molecule has 28 heavy (non-hydrogen) atoms. The van der Waals surface area contributed by atoms with Crippen molar-refractivity contribution in [2.45, 2.75) is 26.4 Å². The van der Waals surface area contributed by atoms with Crippen LogP contribution in [0.5, 0.6) is 5.75 Å². The van der Waals surface area contributed by atoms with E-state index in [-0.39, 0.29) is 23.5 Å². The molecule has 1 aliphatic heterocycles. The number of ether oxygens (including phenoxy) is 1. The summed E-state index contributed by atoms with van der Waals surface area (Å²) in [4.78, 5) is 16.5. The maximum absolute atomic E-state index is 14.4. The van der Waals surface area contributed by atoms with E-state index in [9.17, 15) is 9.18 Å². The molecule has 1 fully saturated rings. The van der Waals surface area contributed by atoms with Crippen molar-refractivity contribution < 1.29 is 13.9 Å². The highest BCUT2D eigenvalue weighted by molar-refractivity contribution is 14.1. The Kier molecular flexibility index (Phi) is 6.61. The van der Waals surface area contributed by atoms with Crippen molar-refractivity contribution in [2.75, 3.05) is 31.6 Å². The number of aromatic nitrogens is 2. The molecule has 1 atom stereocenters. The quantitative estimate of drug-likeness (QED) is 0.550. The number of nitrogens with zero attached hydrogens (tertiary/aromatic N) is 4. The number of hydrogen-bond acceptors (Lipinski definition) is 4. The third-order valence-corrected chi connectivity index (χ3v) is 6.71. The predicted molar refractivity (Wildman–Crippen MR) is 116 cm³/mol. The van der Waals surface area contributed by atoms with Crippen LogP contribution in [0.15, 0.2) is 12.1 Å². The highest BCUT2D eigenvalue weighted by atomic mass is 127. The van der Waals surface area contributed by atoms with Crippen molar-refractivity contribution in [1.29, 1.82) is 0 Å². The number of hydrogen-bond donors (Lipinski definition) is 0. The molecule has 1 aromatic carbocycles. The Morgan fingerprint density at radius 1 is 1.39 bits per heavy atom. The first-order valence-electron chi connectivity index (χ1n) is 8.68. The van der Waals surface area contributed by atoms with Gasteiger partial charge in [0, 0.05) is 31.7 Å². The average molecular weight is 541 g/mol. The van der Waals surface area contributed by atoms with Crippen molar-refractivity contribution >= 4 is 57.4 Å². The Balaban J connectivity index is 1.71. The van der Waals surface area contributed by atoms with E-state index in [2.05, 4.69) is 5.10 Å². The van der Waals surface area contributed by atoms with E-state index in [4.69, 9.17) is 27.9 Å². The minimum absolute atomic E-state index is 0.0417. The van der Waals surface area contributed by atoms with Crippen LogP contribution in [0.1, 0.15) is 12.6 Å². The fourth-order valence-electron chi connectivity index (χ4n) is 3.32. The first kappa shape index (κ1) is 21.4. The molecule has 1 amide bonds. The van der Waals surface area contributed by atoms with Gasteiger partial charge < -0.3 is 14.5 Å². The van der Waals surface area contributed by atoms with Crippen molar-refractivity contribution in [1.82, 2.24) is 14.7 Å². The van der Waals surface area contributed by atoms with Crippen LogP contribution in [0.3, 0.4) is 0 Å². The molecule has 6 nitrogen and oxygen atoms in total. The fourth-order valence-corrected chi connectivity index (χ4v) is 4.34. The lowest BCUT2D eigenvalue weighted by Gasteiger charge is -2.41. The highest BCUT2D eigenvalue weighted by Gasteiger charge is 2.29. The van der Waals surface area contributed by atoms with Gasteiger partial charge >= 0.3 is 0 Å². The van der Waals surface area contributed by atoms with Crippen molar-refractivity contribution in [3.63, 3.8) is 0 Å². The third-order valence-electron chi connectivity index (χ3n) is 4.89. The van der Waals surface area contributed by atoms with Crippen LogP contribution < -0.4 is 9.64 Å². The first-order valence-corrected chi connectivity index (χ1v) is 10.5. The van der Waals surface area contributed by atoms with Crippen molar-refractivity contribution in [3.05, 3.63) is 37.4 Å². The molecule has 0 N–H and O–H groups in total. The molecule has 0 spiro atoms. The van der Waals surface area contributed by atoms with Gasteiger partial charge in [-0.3, -0.25) is 9.48 Å². The van der Waals surface area contributed by atoms with Gasteiger partial charge in [-0.05, 0) is 42.5 Å². The summed E-state index contributed by atoms with van der Waals surface area (Å²) < 4.78 is 21.9. The van der Waals surface area contributed by atoms with Crippen LogP contribution in [0.4, 0.5) is 10.1 Å². The van der Waals surface area contributed by atoms with Gasteiger partial charge in [0.15, 0.2) is 0 Å². The topological polar surface area (TPSA) is 50.6 Å². The van der Waals surface area contributed by atoms with Gasteiger partial charge in [-0.2, -0.15) is 5.10 Å². The molecule has 0 bridgehead atoms. The standard InChI is InChI=1S/C18H20Cl2FIN4O2/c1-10-8-24(14-7-15(28-3)12(19)6-13(14)21)4-5-25(10)16(27)9-26-11(2)17(20)18(22)23-26/h6-7,10H,4-5,8-9H2,1-3H3/t10-/m0/s1. The number of carbonyl (C=O) groups excluding carboxylic acids is 1.